The number of hydrogen-bond donors (Lipinski definition) is 1. The minimum atomic E-state index is 0.669. The van der Waals surface area contributed by atoms with E-state index in [1.807, 2.05) is 12.1 Å². The molecule has 1 unspecified atom stereocenters. The number of halogens is 1. The van der Waals surface area contributed by atoms with E-state index in [1.54, 1.807) is 0 Å². The van der Waals surface area contributed by atoms with Crippen LogP contribution < -0.4 is 5.32 Å². The Morgan fingerprint density at radius 1 is 1.21 bits per heavy atom. The van der Waals surface area contributed by atoms with Crippen molar-refractivity contribution in [1.29, 1.82) is 0 Å². The van der Waals surface area contributed by atoms with Crippen LogP contribution in [0.1, 0.15) is 63.9 Å². The monoisotopic (exact) mass is 279 g/mol. The maximum Gasteiger partial charge on any atom is 0.0406 e. The van der Waals surface area contributed by atoms with Crippen molar-refractivity contribution in [2.75, 3.05) is 0 Å². The van der Waals surface area contributed by atoms with Crippen molar-refractivity contribution in [3.8, 4) is 0 Å². The molecule has 1 aliphatic carbocycles. The topological polar surface area (TPSA) is 12.0 Å². The molecule has 106 valence electrons. The average Bonchev–Trinajstić information content (AvgIpc) is 2.35. The van der Waals surface area contributed by atoms with Gasteiger partial charge in [0.1, 0.15) is 0 Å². The van der Waals surface area contributed by atoms with Crippen LogP contribution in [0.4, 0.5) is 0 Å². The Hall–Kier alpha value is -0.530. The largest absolute Gasteiger partial charge is 0.311 e. The van der Waals surface area contributed by atoms with E-state index in [4.69, 9.17) is 11.6 Å². The number of benzene rings is 1. The maximum atomic E-state index is 5.92. The highest BCUT2D eigenvalue weighted by atomic mass is 35.5. The number of hydrogen-bond acceptors (Lipinski definition) is 1. The van der Waals surface area contributed by atoms with E-state index in [9.17, 15) is 0 Å². The van der Waals surface area contributed by atoms with Crippen molar-refractivity contribution in [1.82, 2.24) is 5.32 Å². The second kappa shape index (κ2) is 7.31. The summed E-state index contributed by atoms with van der Waals surface area (Å²) in [5.74, 6) is 0.734. The van der Waals surface area contributed by atoms with Crippen LogP contribution in [0, 0.1) is 0 Å². The van der Waals surface area contributed by atoms with Crippen LogP contribution in [-0.2, 0) is 0 Å². The van der Waals surface area contributed by atoms with Crippen LogP contribution in [0.15, 0.2) is 24.3 Å². The van der Waals surface area contributed by atoms with E-state index in [1.165, 1.54) is 44.1 Å². The molecule has 19 heavy (non-hydrogen) atoms. The fraction of sp³-hybridized carbons (Fsp3) is 0.647. The second-order valence-corrected chi connectivity index (χ2v) is 6.42. The van der Waals surface area contributed by atoms with Gasteiger partial charge in [0.2, 0.25) is 0 Å². The molecule has 0 bridgehead atoms. The highest BCUT2D eigenvalue weighted by Crippen LogP contribution is 2.37. The Morgan fingerprint density at radius 2 is 1.89 bits per heavy atom. The Bertz CT molecular complexity index is 367. The number of unbranched alkanes of at least 4 members (excludes halogenated alkanes) is 2. The van der Waals surface area contributed by atoms with E-state index >= 15 is 0 Å². The molecule has 1 nitrogen and oxygen atoms in total. The van der Waals surface area contributed by atoms with Crippen LogP contribution in [0.3, 0.4) is 0 Å². The third-order valence-electron chi connectivity index (χ3n) is 4.24. The van der Waals surface area contributed by atoms with Crippen LogP contribution >= 0.6 is 11.6 Å². The number of nitrogens with one attached hydrogen (secondary N) is 1. The van der Waals surface area contributed by atoms with Crippen LogP contribution in [-0.4, -0.2) is 12.1 Å². The second-order valence-electron chi connectivity index (χ2n) is 5.98. The summed E-state index contributed by atoms with van der Waals surface area (Å²) in [7, 11) is 0. The van der Waals surface area contributed by atoms with Gasteiger partial charge in [0.05, 0.1) is 0 Å². The molecular formula is C17H26ClN. The van der Waals surface area contributed by atoms with Gasteiger partial charge in [-0.25, -0.2) is 0 Å². The Kier molecular flexibility index (Phi) is 5.72. The normalized spacial score (nSPS) is 23.9. The minimum Gasteiger partial charge on any atom is -0.311 e. The first-order valence-corrected chi connectivity index (χ1v) is 8.08. The summed E-state index contributed by atoms with van der Waals surface area (Å²) in [5.41, 5.74) is 1.45. The van der Waals surface area contributed by atoms with Gasteiger partial charge in [-0.2, -0.15) is 0 Å². The molecule has 1 aliphatic rings. The fourth-order valence-electron chi connectivity index (χ4n) is 2.95. The first kappa shape index (κ1) is 14.9. The SMILES string of the molecule is CCCCCC(C)NC1CC(c2ccc(Cl)cc2)C1. The van der Waals surface area contributed by atoms with E-state index in [-0.39, 0.29) is 0 Å². The summed E-state index contributed by atoms with van der Waals surface area (Å²) < 4.78 is 0. The molecule has 0 aliphatic heterocycles. The number of rotatable bonds is 7. The quantitative estimate of drug-likeness (QED) is 0.681. The molecule has 1 N–H and O–H groups in total. The van der Waals surface area contributed by atoms with Crippen molar-refractivity contribution in [3.05, 3.63) is 34.9 Å². The van der Waals surface area contributed by atoms with Gasteiger partial charge in [-0.1, -0.05) is 49.9 Å². The average molecular weight is 280 g/mol. The molecule has 2 rings (SSSR count). The fourth-order valence-corrected chi connectivity index (χ4v) is 3.07. The van der Waals surface area contributed by atoms with Crippen molar-refractivity contribution in [3.63, 3.8) is 0 Å². The summed E-state index contributed by atoms with van der Waals surface area (Å²) in [5, 5.41) is 4.60. The molecule has 0 radical (unpaired) electrons. The molecular weight excluding hydrogens is 254 g/mol. The molecule has 1 aromatic rings. The standard InChI is InChI=1S/C17H26ClN/c1-3-4-5-6-13(2)19-17-11-15(12-17)14-7-9-16(18)10-8-14/h7-10,13,15,17,19H,3-6,11-12H2,1-2H3. The lowest BCUT2D eigenvalue weighted by Crippen LogP contribution is -2.44. The summed E-state index contributed by atoms with van der Waals surface area (Å²) in [6.07, 6.45) is 7.91. The zero-order valence-corrected chi connectivity index (χ0v) is 12.9. The Morgan fingerprint density at radius 3 is 2.53 bits per heavy atom. The van der Waals surface area contributed by atoms with Crippen LogP contribution in [0.25, 0.3) is 0 Å². The molecule has 1 saturated carbocycles. The molecule has 0 aromatic heterocycles. The maximum absolute atomic E-state index is 5.92. The van der Waals surface area contributed by atoms with E-state index in [2.05, 4.69) is 31.3 Å². The minimum absolute atomic E-state index is 0.669. The third kappa shape index (κ3) is 4.50. The van der Waals surface area contributed by atoms with Crippen molar-refractivity contribution < 1.29 is 0 Å². The molecule has 1 atom stereocenters. The molecule has 2 heteroatoms. The van der Waals surface area contributed by atoms with Gasteiger partial charge in [-0.05, 0) is 49.8 Å². The Balaban J connectivity index is 1.67. The lowest BCUT2D eigenvalue weighted by atomic mass is 9.75. The van der Waals surface area contributed by atoms with Gasteiger partial charge >= 0.3 is 0 Å². The molecule has 0 spiro atoms. The zero-order chi connectivity index (χ0) is 13.7. The van der Waals surface area contributed by atoms with Crippen molar-refractivity contribution >= 4 is 11.6 Å². The zero-order valence-electron chi connectivity index (χ0n) is 12.2. The van der Waals surface area contributed by atoms with Gasteiger partial charge < -0.3 is 5.32 Å². The van der Waals surface area contributed by atoms with Gasteiger partial charge in [-0.3, -0.25) is 0 Å². The molecule has 0 amide bonds. The molecule has 0 saturated heterocycles. The van der Waals surface area contributed by atoms with E-state index in [0.29, 0.717) is 6.04 Å². The molecule has 1 fully saturated rings. The third-order valence-corrected chi connectivity index (χ3v) is 4.49. The van der Waals surface area contributed by atoms with E-state index in [0.717, 1.165) is 17.0 Å². The van der Waals surface area contributed by atoms with Crippen LogP contribution in [0.2, 0.25) is 5.02 Å². The van der Waals surface area contributed by atoms with E-state index < -0.39 is 0 Å². The van der Waals surface area contributed by atoms with Gasteiger partial charge in [0.15, 0.2) is 0 Å². The first-order chi connectivity index (χ1) is 9.19. The van der Waals surface area contributed by atoms with Gasteiger partial charge in [0.25, 0.3) is 0 Å². The van der Waals surface area contributed by atoms with Gasteiger partial charge in [0, 0.05) is 17.1 Å². The highest BCUT2D eigenvalue weighted by Gasteiger charge is 2.30. The highest BCUT2D eigenvalue weighted by molar-refractivity contribution is 6.30. The lowest BCUT2D eigenvalue weighted by Gasteiger charge is -2.38. The summed E-state index contributed by atoms with van der Waals surface area (Å²) in [4.78, 5) is 0. The molecule has 0 heterocycles. The smallest absolute Gasteiger partial charge is 0.0406 e. The summed E-state index contributed by atoms with van der Waals surface area (Å²) in [6, 6.07) is 9.75. The molecule has 1 aromatic carbocycles. The first-order valence-electron chi connectivity index (χ1n) is 7.70. The summed E-state index contributed by atoms with van der Waals surface area (Å²) in [6.45, 7) is 4.59. The van der Waals surface area contributed by atoms with Crippen molar-refractivity contribution in [2.24, 2.45) is 0 Å². The van der Waals surface area contributed by atoms with Crippen LogP contribution in [0.5, 0.6) is 0 Å². The summed E-state index contributed by atoms with van der Waals surface area (Å²) >= 11 is 5.92. The lowest BCUT2D eigenvalue weighted by molar-refractivity contribution is 0.263. The predicted octanol–water partition coefficient (Wildman–Crippen LogP) is 5.14. The van der Waals surface area contributed by atoms with Crippen molar-refractivity contribution in [2.45, 2.75) is 70.4 Å². The van der Waals surface area contributed by atoms with Gasteiger partial charge in [-0.15, -0.1) is 0 Å². The Labute approximate surface area is 122 Å². The predicted molar refractivity (Wildman–Crippen MR) is 84.0 cm³/mol.